The van der Waals surface area contributed by atoms with E-state index in [1.165, 1.54) is 0 Å². The van der Waals surface area contributed by atoms with Crippen LogP contribution in [0.1, 0.15) is 11.1 Å². The summed E-state index contributed by atoms with van der Waals surface area (Å²) >= 11 is 0. The Morgan fingerprint density at radius 1 is 1.04 bits per heavy atom. The highest BCUT2D eigenvalue weighted by molar-refractivity contribution is 5.91. The molecule has 0 radical (unpaired) electrons. The highest BCUT2D eigenvalue weighted by Crippen LogP contribution is 2.20. The van der Waals surface area contributed by atoms with E-state index in [9.17, 15) is 9.59 Å². The van der Waals surface area contributed by atoms with Crippen molar-refractivity contribution in [2.24, 2.45) is 7.05 Å². The molecule has 2 aromatic carbocycles. The van der Waals surface area contributed by atoms with Gasteiger partial charge < -0.3 is 14.8 Å². The smallest absolute Gasteiger partial charge is 0.242 e. The average molecular weight is 349 g/mol. The van der Waals surface area contributed by atoms with Crippen molar-refractivity contribution < 1.29 is 9.59 Å². The van der Waals surface area contributed by atoms with Crippen LogP contribution in [-0.4, -0.2) is 34.9 Å². The molecule has 0 unspecified atom stereocenters. The lowest BCUT2D eigenvalue weighted by molar-refractivity contribution is -0.132. The maximum Gasteiger partial charge on any atom is 0.242 e. The number of benzene rings is 2. The number of aryl methyl sites for hydroxylation is 1. The molecule has 5 heteroatoms. The SMILES string of the molecule is CN(Cc1ccccc1)C(=O)CNC(=O)Cc1cn(C)c2ccccc12. The van der Waals surface area contributed by atoms with Gasteiger partial charge in [0.1, 0.15) is 0 Å². The minimum atomic E-state index is -0.150. The van der Waals surface area contributed by atoms with Gasteiger partial charge in [0.05, 0.1) is 13.0 Å². The maximum absolute atomic E-state index is 12.3. The highest BCUT2D eigenvalue weighted by Gasteiger charge is 2.13. The summed E-state index contributed by atoms with van der Waals surface area (Å²) < 4.78 is 2.01. The molecule has 5 nitrogen and oxygen atoms in total. The molecule has 0 saturated heterocycles. The molecule has 1 N–H and O–H groups in total. The first-order valence-corrected chi connectivity index (χ1v) is 8.62. The molecule has 3 rings (SSSR count). The van der Waals surface area contributed by atoms with Crippen molar-refractivity contribution in [3.63, 3.8) is 0 Å². The van der Waals surface area contributed by atoms with Crippen LogP contribution in [0.15, 0.2) is 60.8 Å². The summed E-state index contributed by atoms with van der Waals surface area (Å²) in [5.74, 6) is -0.261. The van der Waals surface area contributed by atoms with Gasteiger partial charge in [-0.05, 0) is 17.2 Å². The molecule has 26 heavy (non-hydrogen) atoms. The molecule has 134 valence electrons. The Balaban J connectivity index is 1.54. The summed E-state index contributed by atoms with van der Waals surface area (Å²) in [6.07, 6.45) is 2.23. The number of carbonyl (C=O) groups is 2. The maximum atomic E-state index is 12.3. The number of para-hydroxylation sites is 1. The first kappa shape index (κ1) is 17.7. The molecule has 0 aliphatic rings. The van der Waals surface area contributed by atoms with Gasteiger partial charge in [-0.3, -0.25) is 9.59 Å². The molecule has 2 amide bonds. The van der Waals surface area contributed by atoms with E-state index in [4.69, 9.17) is 0 Å². The Labute approximate surface area is 153 Å². The zero-order valence-corrected chi connectivity index (χ0v) is 15.1. The third-order valence-electron chi connectivity index (χ3n) is 4.46. The standard InChI is InChI=1S/C21H23N3O2/c1-23-15-17(18-10-6-7-11-19(18)23)12-20(25)22-13-21(26)24(2)14-16-8-4-3-5-9-16/h3-11,15H,12-14H2,1-2H3,(H,22,25). The largest absolute Gasteiger partial charge is 0.350 e. The molecule has 0 atom stereocenters. The van der Waals surface area contributed by atoms with Crippen molar-refractivity contribution in [2.75, 3.05) is 13.6 Å². The lowest BCUT2D eigenvalue weighted by Gasteiger charge is -2.17. The predicted molar refractivity (Wildman–Crippen MR) is 103 cm³/mol. The van der Waals surface area contributed by atoms with Crippen LogP contribution in [0.3, 0.4) is 0 Å². The molecular weight excluding hydrogens is 326 g/mol. The van der Waals surface area contributed by atoms with Crippen LogP contribution in [0.2, 0.25) is 0 Å². The second-order valence-corrected chi connectivity index (χ2v) is 6.47. The molecular formula is C21H23N3O2. The van der Waals surface area contributed by atoms with Crippen molar-refractivity contribution in [1.29, 1.82) is 0 Å². The highest BCUT2D eigenvalue weighted by atomic mass is 16.2. The second-order valence-electron chi connectivity index (χ2n) is 6.47. The van der Waals surface area contributed by atoms with E-state index < -0.39 is 0 Å². The predicted octanol–water partition coefficient (Wildman–Crippen LogP) is 2.50. The van der Waals surface area contributed by atoms with Gasteiger partial charge in [-0.15, -0.1) is 0 Å². The first-order valence-electron chi connectivity index (χ1n) is 8.62. The fourth-order valence-corrected chi connectivity index (χ4v) is 3.06. The van der Waals surface area contributed by atoms with Crippen LogP contribution in [0, 0.1) is 0 Å². The Hall–Kier alpha value is -3.08. The number of carbonyl (C=O) groups excluding carboxylic acids is 2. The van der Waals surface area contributed by atoms with Gasteiger partial charge in [0.25, 0.3) is 0 Å². The van der Waals surface area contributed by atoms with E-state index in [1.807, 2.05) is 72.4 Å². The van der Waals surface area contributed by atoms with Crippen molar-refractivity contribution in [2.45, 2.75) is 13.0 Å². The number of rotatable bonds is 6. The van der Waals surface area contributed by atoms with E-state index in [-0.39, 0.29) is 24.8 Å². The molecule has 1 aromatic heterocycles. The molecule has 0 aliphatic heterocycles. The van der Waals surface area contributed by atoms with Gasteiger partial charge in [-0.25, -0.2) is 0 Å². The zero-order valence-electron chi connectivity index (χ0n) is 15.1. The number of aromatic nitrogens is 1. The normalized spacial score (nSPS) is 10.7. The van der Waals surface area contributed by atoms with Gasteiger partial charge in [0, 0.05) is 37.7 Å². The zero-order chi connectivity index (χ0) is 18.5. The minimum absolute atomic E-state index is 0.00688. The van der Waals surface area contributed by atoms with E-state index in [2.05, 4.69) is 5.32 Å². The second kappa shape index (κ2) is 7.87. The molecule has 0 saturated carbocycles. The number of hydrogen-bond donors (Lipinski definition) is 1. The summed E-state index contributed by atoms with van der Waals surface area (Å²) in [6, 6.07) is 17.8. The van der Waals surface area contributed by atoms with Gasteiger partial charge in [0.2, 0.25) is 11.8 Å². The number of nitrogens with one attached hydrogen (secondary N) is 1. The van der Waals surface area contributed by atoms with Gasteiger partial charge >= 0.3 is 0 Å². The summed E-state index contributed by atoms with van der Waals surface area (Å²) in [5, 5.41) is 3.80. The van der Waals surface area contributed by atoms with Crippen molar-refractivity contribution in [3.8, 4) is 0 Å². The minimum Gasteiger partial charge on any atom is -0.350 e. The number of fused-ring (bicyclic) bond motifs is 1. The number of likely N-dealkylation sites (N-methyl/N-ethyl adjacent to an activating group) is 1. The van der Waals surface area contributed by atoms with Crippen molar-refractivity contribution in [1.82, 2.24) is 14.8 Å². The van der Waals surface area contributed by atoms with Crippen LogP contribution >= 0.6 is 0 Å². The third-order valence-corrected chi connectivity index (χ3v) is 4.46. The number of nitrogens with zero attached hydrogens (tertiary/aromatic N) is 2. The Kier molecular flexibility index (Phi) is 5.37. The topological polar surface area (TPSA) is 54.3 Å². The van der Waals surface area contributed by atoms with Crippen LogP contribution in [0.5, 0.6) is 0 Å². The van der Waals surface area contributed by atoms with E-state index in [0.29, 0.717) is 6.54 Å². The molecule has 0 fully saturated rings. The third kappa shape index (κ3) is 4.11. The van der Waals surface area contributed by atoms with Crippen LogP contribution in [0.25, 0.3) is 10.9 Å². The average Bonchev–Trinajstić information content (AvgIpc) is 2.96. The number of amides is 2. The summed E-state index contributed by atoms with van der Waals surface area (Å²) in [7, 11) is 3.71. The Morgan fingerprint density at radius 2 is 1.73 bits per heavy atom. The van der Waals surface area contributed by atoms with E-state index in [1.54, 1.807) is 11.9 Å². The lowest BCUT2D eigenvalue weighted by Crippen LogP contribution is -2.38. The number of hydrogen-bond acceptors (Lipinski definition) is 2. The molecule has 0 spiro atoms. The van der Waals surface area contributed by atoms with Gasteiger partial charge in [-0.2, -0.15) is 0 Å². The van der Waals surface area contributed by atoms with Crippen LogP contribution in [0.4, 0.5) is 0 Å². The molecule has 0 aliphatic carbocycles. The van der Waals surface area contributed by atoms with Gasteiger partial charge in [-0.1, -0.05) is 48.5 Å². The van der Waals surface area contributed by atoms with Crippen molar-refractivity contribution in [3.05, 3.63) is 71.9 Å². The summed E-state index contributed by atoms with van der Waals surface area (Å²) in [5.41, 5.74) is 3.12. The monoisotopic (exact) mass is 349 g/mol. The molecule has 3 aromatic rings. The Morgan fingerprint density at radius 3 is 2.50 bits per heavy atom. The first-order chi connectivity index (χ1) is 12.5. The lowest BCUT2D eigenvalue weighted by atomic mass is 10.1. The fraction of sp³-hybridized carbons (Fsp3) is 0.238. The van der Waals surface area contributed by atoms with E-state index in [0.717, 1.165) is 22.0 Å². The fourth-order valence-electron chi connectivity index (χ4n) is 3.06. The van der Waals surface area contributed by atoms with Gasteiger partial charge in [0.15, 0.2) is 0 Å². The summed E-state index contributed by atoms with van der Waals surface area (Å²) in [6.45, 7) is 0.534. The Bertz CT molecular complexity index is 915. The molecule has 0 bridgehead atoms. The van der Waals surface area contributed by atoms with E-state index >= 15 is 0 Å². The quantitative estimate of drug-likeness (QED) is 0.743. The van der Waals surface area contributed by atoms with Crippen LogP contribution in [-0.2, 0) is 29.6 Å². The summed E-state index contributed by atoms with van der Waals surface area (Å²) in [4.78, 5) is 26.1. The van der Waals surface area contributed by atoms with Crippen LogP contribution < -0.4 is 5.32 Å². The van der Waals surface area contributed by atoms with Crippen molar-refractivity contribution >= 4 is 22.7 Å². The molecule has 1 heterocycles.